The third kappa shape index (κ3) is 1.71. The van der Waals surface area contributed by atoms with Crippen LogP contribution in [0.4, 0.5) is 0 Å². The zero-order valence-electron chi connectivity index (χ0n) is 8.23. The van der Waals surface area contributed by atoms with Gasteiger partial charge in [0.2, 0.25) is 0 Å². The molecule has 0 radical (unpaired) electrons. The maximum Gasteiger partial charge on any atom is 0.282 e. The number of aryl methyl sites for hydroxylation is 1. The van der Waals surface area contributed by atoms with E-state index in [1.54, 1.807) is 0 Å². The Morgan fingerprint density at radius 2 is 2.14 bits per heavy atom. The predicted molar refractivity (Wildman–Crippen MR) is 56.1 cm³/mol. The number of benzene rings is 1. The second-order valence-corrected chi connectivity index (χ2v) is 3.39. The van der Waals surface area contributed by atoms with Gasteiger partial charge in [0.25, 0.3) is 6.02 Å². The van der Waals surface area contributed by atoms with Crippen molar-refractivity contribution in [3.8, 4) is 0 Å². The normalized spacial score (nSPS) is 20.4. The Hall–Kier alpha value is -1.51. The van der Waals surface area contributed by atoms with E-state index in [2.05, 4.69) is 36.2 Å². The standard InChI is InChI=1S/C11H14N2O/c1-2-8-3-5-9(6-4-8)10-7-14-11(12)13-10/h3-6,10H,2,7H2,1H3,(H2,12,13). The molecule has 1 atom stereocenters. The van der Waals surface area contributed by atoms with E-state index in [4.69, 9.17) is 10.5 Å². The Labute approximate surface area is 83.6 Å². The molecule has 0 aliphatic carbocycles. The fourth-order valence-corrected chi connectivity index (χ4v) is 1.54. The number of amidine groups is 1. The minimum Gasteiger partial charge on any atom is -0.463 e. The van der Waals surface area contributed by atoms with Gasteiger partial charge in [-0.1, -0.05) is 31.2 Å². The maximum atomic E-state index is 5.45. The summed E-state index contributed by atoms with van der Waals surface area (Å²) in [5, 5.41) is 0. The summed E-state index contributed by atoms with van der Waals surface area (Å²) in [5.41, 5.74) is 7.95. The summed E-state index contributed by atoms with van der Waals surface area (Å²) in [5.74, 6) is 0. The van der Waals surface area contributed by atoms with Gasteiger partial charge < -0.3 is 10.5 Å². The zero-order chi connectivity index (χ0) is 9.97. The monoisotopic (exact) mass is 190 g/mol. The van der Waals surface area contributed by atoms with E-state index in [0.717, 1.165) is 6.42 Å². The van der Waals surface area contributed by atoms with Crippen molar-refractivity contribution in [1.82, 2.24) is 0 Å². The van der Waals surface area contributed by atoms with Gasteiger partial charge in [-0.15, -0.1) is 0 Å². The molecule has 1 aromatic rings. The van der Waals surface area contributed by atoms with Crippen molar-refractivity contribution >= 4 is 6.02 Å². The maximum absolute atomic E-state index is 5.45. The smallest absolute Gasteiger partial charge is 0.282 e. The third-order valence-electron chi connectivity index (χ3n) is 2.44. The first-order chi connectivity index (χ1) is 6.79. The molecule has 3 heteroatoms. The Bertz CT molecular complexity index is 343. The second-order valence-electron chi connectivity index (χ2n) is 3.39. The molecule has 2 rings (SSSR count). The van der Waals surface area contributed by atoms with Gasteiger partial charge in [0.1, 0.15) is 12.6 Å². The molecule has 1 aliphatic rings. The minimum atomic E-state index is 0.0842. The number of nitrogens with zero attached hydrogens (tertiary/aromatic N) is 1. The van der Waals surface area contributed by atoms with E-state index in [1.807, 2.05) is 0 Å². The van der Waals surface area contributed by atoms with Crippen LogP contribution in [0.3, 0.4) is 0 Å². The molecular weight excluding hydrogens is 176 g/mol. The predicted octanol–water partition coefficient (Wildman–Crippen LogP) is 1.64. The Balaban J connectivity index is 2.17. The molecule has 0 amide bonds. The van der Waals surface area contributed by atoms with Crippen molar-refractivity contribution in [2.24, 2.45) is 10.7 Å². The van der Waals surface area contributed by atoms with Gasteiger partial charge in [-0.3, -0.25) is 0 Å². The van der Waals surface area contributed by atoms with Gasteiger partial charge in [-0.25, -0.2) is 4.99 Å². The lowest BCUT2D eigenvalue weighted by Gasteiger charge is -2.05. The number of hydrogen-bond acceptors (Lipinski definition) is 3. The molecular formula is C11H14N2O. The van der Waals surface area contributed by atoms with Gasteiger partial charge in [0.15, 0.2) is 0 Å². The van der Waals surface area contributed by atoms with E-state index in [0.29, 0.717) is 12.6 Å². The molecule has 2 N–H and O–H groups in total. The molecule has 14 heavy (non-hydrogen) atoms. The quantitative estimate of drug-likeness (QED) is 0.770. The number of ether oxygens (including phenoxy) is 1. The molecule has 0 bridgehead atoms. The highest BCUT2D eigenvalue weighted by Crippen LogP contribution is 2.22. The Kier molecular flexibility index (Phi) is 2.39. The van der Waals surface area contributed by atoms with Crippen LogP contribution in [0, 0.1) is 0 Å². The van der Waals surface area contributed by atoms with Crippen LogP contribution < -0.4 is 5.73 Å². The molecule has 0 saturated carbocycles. The average Bonchev–Trinajstić information content (AvgIpc) is 2.65. The molecule has 0 saturated heterocycles. The fraction of sp³-hybridized carbons (Fsp3) is 0.364. The summed E-state index contributed by atoms with van der Waals surface area (Å²) in [6, 6.07) is 8.82. The fourth-order valence-electron chi connectivity index (χ4n) is 1.54. The SMILES string of the molecule is CCc1ccc(C2COC(N)=N2)cc1. The Morgan fingerprint density at radius 1 is 1.43 bits per heavy atom. The molecule has 0 spiro atoms. The highest BCUT2D eigenvalue weighted by Gasteiger charge is 2.17. The van der Waals surface area contributed by atoms with E-state index in [-0.39, 0.29) is 6.04 Å². The molecule has 3 nitrogen and oxygen atoms in total. The molecule has 1 aromatic carbocycles. The number of aliphatic imine (C=N–C) groups is 1. The van der Waals surface area contributed by atoms with Crippen LogP contribution in [0.15, 0.2) is 29.3 Å². The van der Waals surface area contributed by atoms with Crippen LogP contribution in [-0.4, -0.2) is 12.6 Å². The third-order valence-corrected chi connectivity index (χ3v) is 2.44. The minimum absolute atomic E-state index is 0.0842. The van der Waals surface area contributed by atoms with Gasteiger partial charge in [0.05, 0.1) is 0 Å². The highest BCUT2D eigenvalue weighted by molar-refractivity contribution is 5.73. The molecule has 0 aromatic heterocycles. The number of nitrogens with two attached hydrogens (primary N) is 1. The van der Waals surface area contributed by atoms with Crippen molar-refractivity contribution in [3.63, 3.8) is 0 Å². The molecule has 1 aliphatic heterocycles. The zero-order valence-corrected chi connectivity index (χ0v) is 8.23. The number of rotatable bonds is 2. The number of hydrogen-bond donors (Lipinski definition) is 1. The van der Waals surface area contributed by atoms with Crippen LogP contribution in [0.25, 0.3) is 0 Å². The largest absolute Gasteiger partial charge is 0.463 e. The van der Waals surface area contributed by atoms with Crippen molar-refractivity contribution in [3.05, 3.63) is 35.4 Å². The molecule has 1 heterocycles. The van der Waals surface area contributed by atoms with E-state index < -0.39 is 0 Å². The van der Waals surface area contributed by atoms with Gasteiger partial charge in [0, 0.05) is 0 Å². The summed E-state index contributed by atoms with van der Waals surface area (Å²) in [6.45, 7) is 2.71. The summed E-state index contributed by atoms with van der Waals surface area (Å²) in [7, 11) is 0. The topological polar surface area (TPSA) is 47.6 Å². The summed E-state index contributed by atoms with van der Waals surface area (Å²) >= 11 is 0. The molecule has 0 fully saturated rings. The van der Waals surface area contributed by atoms with Gasteiger partial charge in [-0.2, -0.15) is 0 Å². The lowest BCUT2D eigenvalue weighted by Crippen LogP contribution is -2.10. The van der Waals surface area contributed by atoms with Crippen molar-refractivity contribution in [2.75, 3.05) is 6.61 Å². The first kappa shape index (κ1) is 9.06. The average molecular weight is 190 g/mol. The van der Waals surface area contributed by atoms with E-state index >= 15 is 0 Å². The van der Waals surface area contributed by atoms with E-state index in [9.17, 15) is 0 Å². The lowest BCUT2D eigenvalue weighted by molar-refractivity contribution is 0.315. The molecule has 74 valence electrons. The first-order valence-corrected chi connectivity index (χ1v) is 4.84. The highest BCUT2D eigenvalue weighted by atomic mass is 16.5. The first-order valence-electron chi connectivity index (χ1n) is 4.84. The van der Waals surface area contributed by atoms with Crippen molar-refractivity contribution in [2.45, 2.75) is 19.4 Å². The van der Waals surface area contributed by atoms with E-state index in [1.165, 1.54) is 11.1 Å². The van der Waals surface area contributed by atoms with Crippen molar-refractivity contribution in [1.29, 1.82) is 0 Å². The van der Waals surface area contributed by atoms with Gasteiger partial charge in [-0.05, 0) is 17.5 Å². The lowest BCUT2D eigenvalue weighted by atomic mass is 10.1. The second kappa shape index (κ2) is 3.70. The van der Waals surface area contributed by atoms with Crippen LogP contribution >= 0.6 is 0 Å². The summed E-state index contributed by atoms with van der Waals surface area (Å²) < 4.78 is 5.10. The summed E-state index contributed by atoms with van der Waals surface area (Å²) in [6.07, 6.45) is 1.06. The Morgan fingerprint density at radius 3 is 2.64 bits per heavy atom. The summed E-state index contributed by atoms with van der Waals surface area (Å²) in [4.78, 5) is 4.19. The van der Waals surface area contributed by atoms with Crippen LogP contribution in [0.5, 0.6) is 0 Å². The van der Waals surface area contributed by atoms with Crippen LogP contribution in [0.1, 0.15) is 24.1 Å². The molecule has 1 unspecified atom stereocenters. The van der Waals surface area contributed by atoms with Gasteiger partial charge >= 0.3 is 0 Å². The van der Waals surface area contributed by atoms with Crippen molar-refractivity contribution < 1.29 is 4.74 Å². The van der Waals surface area contributed by atoms with Crippen LogP contribution in [-0.2, 0) is 11.2 Å². The van der Waals surface area contributed by atoms with Crippen LogP contribution in [0.2, 0.25) is 0 Å².